The first-order valence-electron chi connectivity index (χ1n) is 12.7. The molecule has 0 radical (unpaired) electrons. The van der Waals surface area contributed by atoms with Crippen molar-refractivity contribution in [3.05, 3.63) is 105 Å². The third kappa shape index (κ3) is 5.37. The monoisotopic (exact) mass is 580 g/mol. The van der Waals surface area contributed by atoms with Gasteiger partial charge >= 0.3 is 0 Å². The van der Waals surface area contributed by atoms with Crippen molar-refractivity contribution < 1.29 is 9.47 Å². The van der Waals surface area contributed by atoms with E-state index in [1.165, 1.54) is 0 Å². The van der Waals surface area contributed by atoms with E-state index in [-0.39, 0.29) is 12.1 Å². The van der Waals surface area contributed by atoms with Gasteiger partial charge in [-0.15, -0.1) is 0 Å². The van der Waals surface area contributed by atoms with Gasteiger partial charge in [-0.05, 0) is 92.6 Å². The second kappa shape index (κ2) is 11.6. The first-order valence-corrected chi connectivity index (χ1v) is 13.8. The van der Waals surface area contributed by atoms with Crippen molar-refractivity contribution >= 4 is 46.2 Å². The van der Waals surface area contributed by atoms with Crippen LogP contribution in [0.3, 0.4) is 0 Å². The fourth-order valence-electron chi connectivity index (χ4n) is 5.22. The van der Waals surface area contributed by atoms with Gasteiger partial charge in [0.15, 0.2) is 5.11 Å². The minimum absolute atomic E-state index is 0.176. The third-order valence-electron chi connectivity index (χ3n) is 7.04. The van der Waals surface area contributed by atoms with E-state index in [4.69, 9.17) is 44.9 Å². The van der Waals surface area contributed by atoms with Crippen LogP contribution >= 0.6 is 35.4 Å². The van der Waals surface area contributed by atoms with E-state index in [9.17, 15) is 0 Å². The summed E-state index contributed by atoms with van der Waals surface area (Å²) < 4.78 is 13.1. The van der Waals surface area contributed by atoms with Gasteiger partial charge < -0.3 is 24.3 Å². The summed E-state index contributed by atoms with van der Waals surface area (Å²) in [6.45, 7) is 7.24. The Morgan fingerprint density at radius 3 is 2.54 bits per heavy atom. The van der Waals surface area contributed by atoms with Crippen LogP contribution in [0.25, 0.3) is 5.69 Å². The number of ether oxygens (including phenoxy) is 2. The molecule has 0 saturated carbocycles. The number of rotatable bonds is 8. The Bertz CT molecular complexity index is 1510. The van der Waals surface area contributed by atoms with E-state index in [1.54, 1.807) is 13.3 Å². The summed E-state index contributed by atoms with van der Waals surface area (Å²) in [7, 11) is 1.64. The number of aryl methyl sites for hydroxylation is 2. The molecule has 1 saturated heterocycles. The second-order valence-electron chi connectivity index (χ2n) is 9.55. The Labute approximate surface area is 244 Å². The van der Waals surface area contributed by atoms with Crippen molar-refractivity contribution in [1.29, 1.82) is 0 Å². The second-order valence-corrected chi connectivity index (χ2v) is 10.8. The highest BCUT2D eigenvalue weighted by molar-refractivity contribution is 7.80. The van der Waals surface area contributed by atoms with Crippen molar-refractivity contribution in [3.8, 4) is 11.4 Å². The Morgan fingerprint density at radius 2 is 1.82 bits per heavy atom. The molecule has 2 aromatic heterocycles. The molecule has 3 heterocycles. The van der Waals surface area contributed by atoms with Crippen LogP contribution in [0.5, 0.6) is 5.75 Å². The van der Waals surface area contributed by atoms with Crippen molar-refractivity contribution in [2.75, 3.05) is 25.2 Å². The molecule has 1 aliphatic heterocycles. The first-order chi connectivity index (χ1) is 18.8. The predicted molar refractivity (Wildman–Crippen MR) is 162 cm³/mol. The fourth-order valence-corrected chi connectivity index (χ4v) is 5.96. The topological polar surface area (TPSA) is 51.6 Å². The minimum atomic E-state index is -0.178. The van der Waals surface area contributed by atoms with Gasteiger partial charge in [0.1, 0.15) is 12.4 Å². The number of halogens is 2. The summed E-state index contributed by atoms with van der Waals surface area (Å²) >= 11 is 19.0. The van der Waals surface area contributed by atoms with Crippen LogP contribution in [0.2, 0.25) is 10.0 Å². The van der Waals surface area contributed by atoms with Gasteiger partial charge in [0, 0.05) is 41.1 Å². The lowest BCUT2D eigenvalue weighted by molar-refractivity contribution is 0.146. The zero-order valence-corrected chi connectivity index (χ0v) is 24.6. The highest BCUT2D eigenvalue weighted by atomic mass is 35.5. The standard InChI is InChI=1S/C30H30Cl2N4O2S/c1-18-8-9-21(31)16-26(18)35-19(2)15-23(20(35)3)29-28(25-7-5-6-12-33-25)34-30(39)36(29)22-10-11-27(24(32)17-22)38-14-13-37-4/h5-12,15-17,28-29H,13-14H2,1-4H3,(H,34,39)/t28-,29+/m1/s1. The summed E-state index contributed by atoms with van der Waals surface area (Å²) in [5.41, 5.74) is 7.30. The fraction of sp³-hybridized carbons (Fsp3) is 0.267. The van der Waals surface area contributed by atoms with Gasteiger partial charge in [0.2, 0.25) is 0 Å². The molecule has 0 bridgehead atoms. The number of aromatic nitrogens is 2. The molecule has 202 valence electrons. The van der Waals surface area contributed by atoms with E-state index in [2.05, 4.69) is 46.6 Å². The van der Waals surface area contributed by atoms with Crippen LogP contribution in [0, 0.1) is 20.8 Å². The number of nitrogens with one attached hydrogen (secondary N) is 1. The van der Waals surface area contributed by atoms with Gasteiger partial charge in [-0.1, -0.05) is 35.3 Å². The maximum absolute atomic E-state index is 6.67. The Morgan fingerprint density at radius 1 is 1.00 bits per heavy atom. The first kappa shape index (κ1) is 27.5. The molecule has 1 aliphatic rings. The molecule has 1 N–H and O–H groups in total. The largest absolute Gasteiger partial charge is 0.490 e. The molecule has 0 unspecified atom stereocenters. The highest BCUT2D eigenvalue weighted by Gasteiger charge is 2.42. The normalized spacial score (nSPS) is 17.0. The van der Waals surface area contributed by atoms with Crippen LogP contribution in [-0.2, 0) is 4.74 Å². The summed E-state index contributed by atoms with van der Waals surface area (Å²) in [6, 6.07) is 19.5. The molecular formula is C30H30Cl2N4O2S. The molecule has 6 nitrogen and oxygen atoms in total. The van der Waals surface area contributed by atoms with Crippen molar-refractivity contribution in [2.24, 2.45) is 0 Å². The molecule has 4 aromatic rings. The third-order valence-corrected chi connectivity index (χ3v) is 7.88. The van der Waals surface area contributed by atoms with Crippen molar-refractivity contribution in [2.45, 2.75) is 32.9 Å². The number of hydrogen-bond acceptors (Lipinski definition) is 4. The van der Waals surface area contributed by atoms with Crippen LogP contribution in [0.4, 0.5) is 5.69 Å². The maximum Gasteiger partial charge on any atom is 0.174 e. The predicted octanol–water partition coefficient (Wildman–Crippen LogP) is 7.31. The average molecular weight is 582 g/mol. The molecule has 1 fully saturated rings. The number of anilines is 1. The number of methoxy groups -OCH3 is 1. The van der Waals surface area contributed by atoms with E-state index >= 15 is 0 Å². The summed E-state index contributed by atoms with van der Waals surface area (Å²) in [4.78, 5) is 6.81. The van der Waals surface area contributed by atoms with Crippen molar-refractivity contribution in [3.63, 3.8) is 0 Å². The lowest BCUT2D eigenvalue weighted by atomic mass is 9.96. The lowest BCUT2D eigenvalue weighted by Gasteiger charge is -2.28. The quantitative estimate of drug-likeness (QED) is 0.174. The highest BCUT2D eigenvalue weighted by Crippen LogP contribution is 2.45. The van der Waals surface area contributed by atoms with Gasteiger partial charge in [0.05, 0.1) is 29.4 Å². The maximum atomic E-state index is 6.67. The molecule has 0 aliphatic carbocycles. The molecule has 0 amide bonds. The number of thiocarbonyl (C=S) groups is 1. The molecule has 9 heteroatoms. The summed E-state index contributed by atoms with van der Waals surface area (Å²) in [6.07, 6.45) is 1.81. The zero-order valence-electron chi connectivity index (χ0n) is 22.2. The zero-order chi connectivity index (χ0) is 27.7. The average Bonchev–Trinajstić information content (AvgIpc) is 3.42. The molecule has 2 aromatic carbocycles. The van der Waals surface area contributed by atoms with Crippen LogP contribution in [-0.4, -0.2) is 35.0 Å². The lowest BCUT2D eigenvalue weighted by Crippen LogP contribution is -2.29. The minimum Gasteiger partial charge on any atom is -0.490 e. The van der Waals surface area contributed by atoms with E-state index in [1.807, 2.05) is 54.6 Å². The van der Waals surface area contributed by atoms with E-state index in [0.29, 0.717) is 34.1 Å². The molecule has 0 spiro atoms. The number of pyridine rings is 1. The Kier molecular flexibility index (Phi) is 8.14. The summed E-state index contributed by atoms with van der Waals surface area (Å²) in [5, 5.41) is 5.34. The van der Waals surface area contributed by atoms with Gasteiger partial charge in [-0.2, -0.15) is 0 Å². The molecule has 39 heavy (non-hydrogen) atoms. The van der Waals surface area contributed by atoms with Crippen LogP contribution in [0.15, 0.2) is 66.9 Å². The molecule has 2 atom stereocenters. The van der Waals surface area contributed by atoms with Crippen LogP contribution in [0.1, 0.15) is 40.3 Å². The van der Waals surface area contributed by atoms with E-state index < -0.39 is 0 Å². The number of benzene rings is 2. The number of nitrogens with zero attached hydrogens (tertiary/aromatic N) is 3. The van der Waals surface area contributed by atoms with Gasteiger partial charge in [-0.25, -0.2) is 0 Å². The molecule has 5 rings (SSSR count). The smallest absolute Gasteiger partial charge is 0.174 e. The van der Waals surface area contributed by atoms with Gasteiger partial charge in [-0.3, -0.25) is 4.98 Å². The van der Waals surface area contributed by atoms with Crippen molar-refractivity contribution in [1.82, 2.24) is 14.9 Å². The molecular weight excluding hydrogens is 551 g/mol. The Hall–Kier alpha value is -3.10. The summed E-state index contributed by atoms with van der Waals surface area (Å²) in [5.74, 6) is 0.600. The van der Waals surface area contributed by atoms with Crippen LogP contribution < -0.4 is 15.0 Å². The number of hydrogen-bond donors (Lipinski definition) is 1. The Balaban J connectivity index is 1.62. The SMILES string of the molecule is COCCOc1ccc(N2C(=S)N[C@H](c3ccccn3)[C@@H]2c2cc(C)n(-c3cc(Cl)ccc3C)c2C)cc1Cl. The van der Waals surface area contributed by atoms with E-state index in [0.717, 1.165) is 39.6 Å². The van der Waals surface area contributed by atoms with Gasteiger partial charge in [0.25, 0.3) is 0 Å².